The third-order valence-corrected chi connectivity index (χ3v) is 4.04. The monoisotopic (exact) mass is 243 g/mol. The Morgan fingerprint density at radius 2 is 2.11 bits per heavy atom. The van der Waals surface area contributed by atoms with E-state index in [4.69, 9.17) is 0 Å². The molecule has 0 saturated heterocycles. The van der Waals surface area contributed by atoms with Gasteiger partial charge in [-0.05, 0) is 48.9 Å². The summed E-state index contributed by atoms with van der Waals surface area (Å²) in [5, 5.41) is 3.44. The average molecular weight is 243 g/mol. The topological polar surface area (TPSA) is 12.0 Å². The van der Waals surface area contributed by atoms with E-state index in [-0.39, 0.29) is 5.41 Å². The summed E-state index contributed by atoms with van der Waals surface area (Å²) in [6.45, 7) is 10.5. The number of hydrogen-bond donors (Lipinski definition) is 1. The number of hydrogen-bond acceptors (Lipinski definition) is 1. The first-order valence-corrected chi connectivity index (χ1v) is 7.12. The summed E-state index contributed by atoms with van der Waals surface area (Å²) in [5.74, 6) is 0. The van der Waals surface area contributed by atoms with Gasteiger partial charge in [-0.25, -0.2) is 0 Å². The SMILES string of the molecule is C=CC(C)(CNCC)Cc1ccc2c(c1)CCC2. The highest BCUT2D eigenvalue weighted by Gasteiger charge is 2.21. The van der Waals surface area contributed by atoms with Gasteiger partial charge in [-0.15, -0.1) is 6.58 Å². The Morgan fingerprint density at radius 3 is 2.83 bits per heavy atom. The molecule has 0 aliphatic heterocycles. The first-order chi connectivity index (χ1) is 8.67. The Kier molecular flexibility index (Phi) is 4.23. The summed E-state index contributed by atoms with van der Waals surface area (Å²) in [7, 11) is 0. The lowest BCUT2D eigenvalue weighted by molar-refractivity contribution is 0.396. The van der Waals surface area contributed by atoms with E-state index in [9.17, 15) is 0 Å². The molecule has 1 atom stereocenters. The van der Waals surface area contributed by atoms with Gasteiger partial charge in [0, 0.05) is 12.0 Å². The highest BCUT2D eigenvalue weighted by molar-refractivity contribution is 5.36. The van der Waals surface area contributed by atoms with Crippen molar-refractivity contribution in [3.05, 3.63) is 47.5 Å². The number of benzene rings is 1. The minimum absolute atomic E-state index is 0.156. The molecule has 0 spiro atoms. The van der Waals surface area contributed by atoms with Crippen molar-refractivity contribution in [3.63, 3.8) is 0 Å². The number of fused-ring (bicyclic) bond motifs is 1. The third-order valence-electron chi connectivity index (χ3n) is 4.04. The quantitative estimate of drug-likeness (QED) is 0.754. The molecule has 0 fully saturated rings. The summed E-state index contributed by atoms with van der Waals surface area (Å²) in [5.41, 5.74) is 4.74. The lowest BCUT2D eigenvalue weighted by atomic mass is 9.83. The molecule has 0 radical (unpaired) electrons. The smallest absolute Gasteiger partial charge is 0.00428 e. The van der Waals surface area contributed by atoms with Crippen LogP contribution in [0.2, 0.25) is 0 Å². The van der Waals surface area contributed by atoms with Gasteiger partial charge in [-0.3, -0.25) is 0 Å². The summed E-state index contributed by atoms with van der Waals surface area (Å²) in [6, 6.07) is 7.04. The molecule has 0 bridgehead atoms. The normalized spacial score (nSPS) is 17.2. The number of nitrogens with one attached hydrogen (secondary N) is 1. The van der Waals surface area contributed by atoms with Crippen LogP contribution >= 0.6 is 0 Å². The fourth-order valence-electron chi connectivity index (χ4n) is 2.82. The minimum atomic E-state index is 0.156. The molecule has 1 aromatic rings. The van der Waals surface area contributed by atoms with E-state index in [2.05, 4.69) is 50.0 Å². The standard InChI is InChI=1S/C17H25N/c1-4-17(3,13-18-5-2)12-14-9-10-15-7-6-8-16(15)11-14/h4,9-11,18H,1,5-8,12-13H2,2-3H3. The summed E-state index contributed by atoms with van der Waals surface area (Å²) in [6.07, 6.45) is 7.04. The van der Waals surface area contributed by atoms with Gasteiger partial charge in [-0.2, -0.15) is 0 Å². The average Bonchev–Trinajstić information content (AvgIpc) is 2.84. The number of rotatable bonds is 6. The summed E-state index contributed by atoms with van der Waals surface area (Å²) in [4.78, 5) is 0. The molecule has 18 heavy (non-hydrogen) atoms. The van der Waals surface area contributed by atoms with Gasteiger partial charge >= 0.3 is 0 Å². The zero-order valence-electron chi connectivity index (χ0n) is 11.8. The van der Waals surface area contributed by atoms with Crippen LogP contribution in [0.4, 0.5) is 0 Å². The van der Waals surface area contributed by atoms with Crippen molar-refractivity contribution in [2.75, 3.05) is 13.1 Å². The van der Waals surface area contributed by atoms with Crippen LogP contribution in [0.25, 0.3) is 0 Å². The second-order valence-electron chi connectivity index (χ2n) is 5.77. The van der Waals surface area contributed by atoms with Gasteiger partial charge in [0.25, 0.3) is 0 Å². The number of aryl methyl sites for hydroxylation is 2. The lowest BCUT2D eigenvalue weighted by Gasteiger charge is -2.26. The Bertz CT molecular complexity index is 422. The van der Waals surface area contributed by atoms with Crippen LogP contribution in [0.15, 0.2) is 30.9 Å². The Balaban J connectivity index is 2.09. The predicted molar refractivity (Wildman–Crippen MR) is 79.0 cm³/mol. The van der Waals surface area contributed by atoms with Gasteiger partial charge in [0.15, 0.2) is 0 Å². The molecule has 1 nitrogen and oxygen atoms in total. The van der Waals surface area contributed by atoms with Crippen LogP contribution in [0.3, 0.4) is 0 Å². The highest BCUT2D eigenvalue weighted by atomic mass is 14.9. The zero-order valence-corrected chi connectivity index (χ0v) is 11.8. The maximum atomic E-state index is 4.01. The maximum Gasteiger partial charge on any atom is 0.00428 e. The predicted octanol–water partition coefficient (Wildman–Crippen LogP) is 3.52. The Labute approximate surface area is 111 Å². The van der Waals surface area contributed by atoms with Crippen molar-refractivity contribution >= 4 is 0 Å². The molecule has 1 heteroatoms. The molecule has 0 aromatic heterocycles. The van der Waals surface area contributed by atoms with Crippen LogP contribution in [0.1, 0.15) is 37.0 Å². The fraction of sp³-hybridized carbons (Fsp3) is 0.529. The molecule has 1 unspecified atom stereocenters. The van der Waals surface area contributed by atoms with Crippen molar-refractivity contribution in [3.8, 4) is 0 Å². The molecule has 1 aliphatic rings. The molecule has 0 saturated carbocycles. The van der Waals surface area contributed by atoms with E-state index in [1.54, 1.807) is 11.1 Å². The van der Waals surface area contributed by atoms with Crippen molar-refractivity contribution < 1.29 is 0 Å². The molecule has 0 amide bonds. The van der Waals surface area contributed by atoms with Crippen LogP contribution in [-0.2, 0) is 19.3 Å². The molecule has 1 aromatic carbocycles. The van der Waals surface area contributed by atoms with E-state index < -0.39 is 0 Å². The van der Waals surface area contributed by atoms with Crippen molar-refractivity contribution in [2.24, 2.45) is 5.41 Å². The van der Waals surface area contributed by atoms with Gasteiger partial charge in [-0.1, -0.05) is 38.1 Å². The molecule has 2 rings (SSSR count). The van der Waals surface area contributed by atoms with E-state index in [0.29, 0.717) is 0 Å². The molecular weight excluding hydrogens is 218 g/mol. The van der Waals surface area contributed by atoms with Crippen molar-refractivity contribution in [1.82, 2.24) is 5.32 Å². The highest BCUT2D eigenvalue weighted by Crippen LogP contribution is 2.27. The first kappa shape index (κ1) is 13.4. The maximum absolute atomic E-state index is 4.01. The third kappa shape index (κ3) is 3.02. The molecule has 0 heterocycles. The van der Waals surface area contributed by atoms with E-state index >= 15 is 0 Å². The lowest BCUT2D eigenvalue weighted by Crippen LogP contribution is -2.31. The molecule has 1 aliphatic carbocycles. The van der Waals surface area contributed by atoms with Crippen LogP contribution < -0.4 is 5.32 Å². The van der Waals surface area contributed by atoms with Gasteiger partial charge in [0.1, 0.15) is 0 Å². The van der Waals surface area contributed by atoms with Crippen LogP contribution in [0, 0.1) is 5.41 Å². The van der Waals surface area contributed by atoms with Gasteiger partial charge in [0.05, 0.1) is 0 Å². The van der Waals surface area contributed by atoms with Crippen molar-refractivity contribution in [1.29, 1.82) is 0 Å². The summed E-state index contributed by atoms with van der Waals surface area (Å²) < 4.78 is 0. The zero-order chi connectivity index (χ0) is 13.0. The molecular formula is C17H25N. The van der Waals surface area contributed by atoms with E-state index in [1.807, 2.05) is 0 Å². The van der Waals surface area contributed by atoms with Crippen LogP contribution in [-0.4, -0.2) is 13.1 Å². The van der Waals surface area contributed by atoms with E-state index in [0.717, 1.165) is 19.5 Å². The van der Waals surface area contributed by atoms with Crippen LogP contribution in [0.5, 0.6) is 0 Å². The fourth-order valence-corrected chi connectivity index (χ4v) is 2.82. The van der Waals surface area contributed by atoms with E-state index in [1.165, 1.54) is 24.8 Å². The second-order valence-corrected chi connectivity index (χ2v) is 5.77. The molecule has 1 N–H and O–H groups in total. The first-order valence-electron chi connectivity index (χ1n) is 7.12. The minimum Gasteiger partial charge on any atom is -0.316 e. The Hall–Kier alpha value is -1.08. The largest absolute Gasteiger partial charge is 0.316 e. The van der Waals surface area contributed by atoms with Gasteiger partial charge < -0.3 is 5.32 Å². The second kappa shape index (κ2) is 5.71. The van der Waals surface area contributed by atoms with Gasteiger partial charge in [0.2, 0.25) is 0 Å². The summed E-state index contributed by atoms with van der Waals surface area (Å²) >= 11 is 0. The van der Waals surface area contributed by atoms with Crippen molar-refractivity contribution in [2.45, 2.75) is 39.5 Å². The Morgan fingerprint density at radius 1 is 1.33 bits per heavy atom. The molecule has 98 valence electrons.